The standard InChI is InChI=1S/C11H19N3O/c1-3-7-14-9-4-8-13(2)10(5-6-12)11(14)15/h10H,3-5,7-9H2,1-2H3. The Morgan fingerprint density at radius 1 is 1.53 bits per heavy atom. The van der Waals surface area contributed by atoms with Crippen molar-refractivity contribution in [2.24, 2.45) is 0 Å². The lowest BCUT2D eigenvalue weighted by atomic mass is 10.1. The van der Waals surface area contributed by atoms with Crippen LogP contribution in [0.2, 0.25) is 0 Å². The van der Waals surface area contributed by atoms with E-state index >= 15 is 0 Å². The number of carbonyl (C=O) groups is 1. The molecule has 4 nitrogen and oxygen atoms in total. The predicted octanol–water partition coefficient (Wildman–Crippen LogP) is 0.843. The van der Waals surface area contributed by atoms with Crippen LogP contribution < -0.4 is 0 Å². The fraction of sp³-hybridized carbons (Fsp3) is 0.818. The van der Waals surface area contributed by atoms with Crippen LogP contribution in [0.15, 0.2) is 0 Å². The summed E-state index contributed by atoms with van der Waals surface area (Å²) < 4.78 is 0. The van der Waals surface area contributed by atoms with Crippen LogP contribution in [-0.2, 0) is 4.79 Å². The summed E-state index contributed by atoms with van der Waals surface area (Å²) in [5.41, 5.74) is 0. The summed E-state index contributed by atoms with van der Waals surface area (Å²) in [5.74, 6) is 0.124. The van der Waals surface area contributed by atoms with Gasteiger partial charge in [0.25, 0.3) is 0 Å². The van der Waals surface area contributed by atoms with Crippen molar-refractivity contribution in [3.8, 4) is 6.07 Å². The second kappa shape index (κ2) is 5.72. The topological polar surface area (TPSA) is 47.3 Å². The second-order valence-corrected chi connectivity index (χ2v) is 4.04. The van der Waals surface area contributed by atoms with Crippen LogP contribution in [0.1, 0.15) is 26.2 Å². The quantitative estimate of drug-likeness (QED) is 0.692. The molecule has 0 spiro atoms. The lowest BCUT2D eigenvalue weighted by molar-refractivity contribution is -0.134. The monoisotopic (exact) mass is 209 g/mol. The van der Waals surface area contributed by atoms with Crippen molar-refractivity contribution in [2.75, 3.05) is 26.7 Å². The fourth-order valence-corrected chi connectivity index (χ4v) is 2.00. The molecule has 1 aliphatic rings. The molecule has 1 fully saturated rings. The number of carbonyl (C=O) groups excluding carboxylic acids is 1. The van der Waals surface area contributed by atoms with Crippen molar-refractivity contribution in [1.29, 1.82) is 5.26 Å². The van der Waals surface area contributed by atoms with E-state index in [-0.39, 0.29) is 11.9 Å². The third-order valence-electron chi connectivity index (χ3n) is 2.85. The van der Waals surface area contributed by atoms with Gasteiger partial charge in [-0.25, -0.2) is 0 Å². The highest BCUT2D eigenvalue weighted by Gasteiger charge is 2.29. The number of amides is 1. The maximum absolute atomic E-state index is 12.1. The minimum absolute atomic E-state index is 0.124. The van der Waals surface area contributed by atoms with Gasteiger partial charge in [-0.1, -0.05) is 6.92 Å². The van der Waals surface area contributed by atoms with E-state index in [0.717, 1.165) is 32.5 Å². The van der Waals surface area contributed by atoms with E-state index in [1.807, 2.05) is 16.8 Å². The third-order valence-corrected chi connectivity index (χ3v) is 2.85. The predicted molar refractivity (Wildman–Crippen MR) is 58.1 cm³/mol. The van der Waals surface area contributed by atoms with Crippen LogP contribution in [0.3, 0.4) is 0 Å². The highest BCUT2D eigenvalue weighted by molar-refractivity contribution is 5.82. The molecule has 1 saturated heterocycles. The summed E-state index contributed by atoms with van der Waals surface area (Å²) in [4.78, 5) is 16.0. The van der Waals surface area contributed by atoms with E-state index in [1.54, 1.807) is 0 Å². The second-order valence-electron chi connectivity index (χ2n) is 4.04. The van der Waals surface area contributed by atoms with Gasteiger partial charge in [-0.3, -0.25) is 9.69 Å². The van der Waals surface area contributed by atoms with Gasteiger partial charge in [-0.15, -0.1) is 0 Å². The highest BCUT2D eigenvalue weighted by atomic mass is 16.2. The van der Waals surface area contributed by atoms with E-state index in [1.165, 1.54) is 0 Å². The van der Waals surface area contributed by atoms with E-state index in [4.69, 9.17) is 5.26 Å². The molecule has 0 aromatic carbocycles. The maximum Gasteiger partial charge on any atom is 0.240 e. The molecule has 15 heavy (non-hydrogen) atoms. The molecular formula is C11H19N3O. The summed E-state index contributed by atoms with van der Waals surface area (Å²) >= 11 is 0. The molecule has 0 saturated carbocycles. The zero-order valence-electron chi connectivity index (χ0n) is 9.57. The van der Waals surface area contributed by atoms with Gasteiger partial charge in [0.15, 0.2) is 0 Å². The van der Waals surface area contributed by atoms with E-state index in [2.05, 4.69) is 13.0 Å². The maximum atomic E-state index is 12.1. The number of hydrogen-bond donors (Lipinski definition) is 0. The summed E-state index contributed by atoms with van der Waals surface area (Å²) in [6.07, 6.45) is 2.29. The zero-order chi connectivity index (χ0) is 11.3. The van der Waals surface area contributed by atoms with Gasteiger partial charge < -0.3 is 4.90 Å². The molecule has 1 atom stereocenters. The first-order chi connectivity index (χ1) is 7.20. The fourth-order valence-electron chi connectivity index (χ4n) is 2.00. The van der Waals surface area contributed by atoms with E-state index < -0.39 is 0 Å². The van der Waals surface area contributed by atoms with Crippen molar-refractivity contribution in [2.45, 2.75) is 32.2 Å². The van der Waals surface area contributed by atoms with Gasteiger partial charge in [0, 0.05) is 19.6 Å². The number of rotatable bonds is 3. The molecule has 0 aromatic rings. The molecule has 0 N–H and O–H groups in total. The molecule has 84 valence electrons. The van der Waals surface area contributed by atoms with Crippen LogP contribution in [-0.4, -0.2) is 48.4 Å². The Labute approximate surface area is 91.5 Å². The van der Waals surface area contributed by atoms with Gasteiger partial charge in [-0.2, -0.15) is 5.26 Å². The largest absolute Gasteiger partial charge is 0.341 e. The average Bonchev–Trinajstić information content (AvgIpc) is 2.34. The Kier molecular flexibility index (Phi) is 4.57. The molecule has 4 heteroatoms. The number of nitriles is 1. The van der Waals surface area contributed by atoms with Crippen LogP contribution in [0.4, 0.5) is 0 Å². The lowest BCUT2D eigenvalue weighted by Gasteiger charge is -2.26. The number of likely N-dealkylation sites (N-methyl/N-ethyl adjacent to an activating group) is 1. The Balaban J connectivity index is 2.72. The van der Waals surface area contributed by atoms with Gasteiger partial charge in [0.05, 0.1) is 12.5 Å². The Bertz CT molecular complexity index is 259. The van der Waals surface area contributed by atoms with E-state index in [0.29, 0.717) is 6.42 Å². The van der Waals surface area contributed by atoms with Gasteiger partial charge in [0.1, 0.15) is 6.04 Å². The zero-order valence-corrected chi connectivity index (χ0v) is 9.57. The molecule has 0 radical (unpaired) electrons. The minimum Gasteiger partial charge on any atom is -0.341 e. The summed E-state index contributed by atoms with van der Waals surface area (Å²) in [5, 5.41) is 8.71. The van der Waals surface area contributed by atoms with E-state index in [9.17, 15) is 4.79 Å². The first-order valence-corrected chi connectivity index (χ1v) is 5.56. The minimum atomic E-state index is -0.232. The third kappa shape index (κ3) is 2.93. The van der Waals surface area contributed by atoms with Crippen molar-refractivity contribution >= 4 is 5.91 Å². The molecule has 0 aromatic heterocycles. The number of nitrogens with zero attached hydrogens (tertiary/aromatic N) is 3. The van der Waals surface area contributed by atoms with Crippen LogP contribution >= 0.6 is 0 Å². The van der Waals surface area contributed by atoms with Crippen molar-refractivity contribution in [3.63, 3.8) is 0 Å². The van der Waals surface area contributed by atoms with Gasteiger partial charge >= 0.3 is 0 Å². The SMILES string of the molecule is CCCN1CCCN(C)C(CC#N)C1=O. The summed E-state index contributed by atoms with van der Waals surface area (Å²) in [6.45, 7) is 4.62. The van der Waals surface area contributed by atoms with Crippen LogP contribution in [0, 0.1) is 11.3 Å². The summed E-state index contributed by atoms with van der Waals surface area (Å²) in [6, 6.07) is 1.87. The molecule has 1 amide bonds. The lowest BCUT2D eigenvalue weighted by Crippen LogP contribution is -2.44. The Morgan fingerprint density at radius 3 is 2.87 bits per heavy atom. The molecule has 1 rings (SSSR count). The smallest absolute Gasteiger partial charge is 0.240 e. The molecule has 1 heterocycles. The van der Waals surface area contributed by atoms with Crippen molar-refractivity contribution in [1.82, 2.24) is 9.80 Å². The normalized spacial score (nSPS) is 23.7. The Morgan fingerprint density at radius 2 is 2.27 bits per heavy atom. The molecule has 0 aliphatic carbocycles. The molecular weight excluding hydrogens is 190 g/mol. The molecule has 1 aliphatic heterocycles. The van der Waals surface area contributed by atoms with Crippen molar-refractivity contribution < 1.29 is 4.79 Å². The summed E-state index contributed by atoms with van der Waals surface area (Å²) in [7, 11) is 1.93. The van der Waals surface area contributed by atoms with Gasteiger partial charge in [0.2, 0.25) is 5.91 Å². The highest BCUT2D eigenvalue weighted by Crippen LogP contribution is 2.12. The van der Waals surface area contributed by atoms with Gasteiger partial charge in [-0.05, 0) is 19.9 Å². The van der Waals surface area contributed by atoms with Crippen molar-refractivity contribution in [3.05, 3.63) is 0 Å². The van der Waals surface area contributed by atoms with Crippen LogP contribution in [0.5, 0.6) is 0 Å². The first kappa shape index (κ1) is 12.0. The average molecular weight is 209 g/mol. The van der Waals surface area contributed by atoms with Crippen LogP contribution in [0.25, 0.3) is 0 Å². The Hall–Kier alpha value is -1.08. The first-order valence-electron chi connectivity index (χ1n) is 5.56. The molecule has 0 bridgehead atoms. The number of hydrogen-bond acceptors (Lipinski definition) is 3. The molecule has 1 unspecified atom stereocenters.